The number of fused-ring (bicyclic) bond motifs is 7. The number of para-hydroxylation sites is 3. The molecule has 6 heteroatoms. The van der Waals surface area contributed by atoms with Gasteiger partial charge in [0.15, 0.2) is 17.5 Å². The van der Waals surface area contributed by atoms with E-state index in [1.54, 1.807) is 0 Å². The van der Waals surface area contributed by atoms with Gasteiger partial charge in [-0.15, -0.1) is 0 Å². The van der Waals surface area contributed by atoms with Crippen LogP contribution in [0.25, 0.3) is 100 Å². The lowest BCUT2D eigenvalue weighted by molar-refractivity contribution is 0.669. The zero-order chi connectivity index (χ0) is 31.6. The second kappa shape index (κ2) is 10.4. The second-order valence-electron chi connectivity index (χ2n) is 11.8. The fourth-order valence-electron chi connectivity index (χ4n) is 6.70. The summed E-state index contributed by atoms with van der Waals surface area (Å²) >= 11 is 0. The van der Waals surface area contributed by atoms with Crippen LogP contribution in [0.2, 0.25) is 0 Å². The first kappa shape index (κ1) is 26.5. The Balaban J connectivity index is 1.25. The van der Waals surface area contributed by atoms with Crippen LogP contribution >= 0.6 is 0 Å². The van der Waals surface area contributed by atoms with E-state index in [0.717, 1.165) is 71.5 Å². The number of furan rings is 2. The number of hydrogen-bond donors (Lipinski definition) is 0. The Kier molecular flexibility index (Phi) is 5.77. The van der Waals surface area contributed by atoms with Gasteiger partial charge in [-0.05, 0) is 40.6 Å². The number of nitrogens with zero attached hydrogens (tertiary/aromatic N) is 4. The zero-order valence-electron chi connectivity index (χ0n) is 25.5. The highest BCUT2D eigenvalue weighted by Crippen LogP contribution is 2.41. The van der Waals surface area contributed by atoms with E-state index in [1.165, 1.54) is 5.39 Å². The van der Waals surface area contributed by atoms with Gasteiger partial charge in [-0.3, -0.25) is 4.98 Å². The third-order valence-electron chi connectivity index (χ3n) is 8.98. The van der Waals surface area contributed by atoms with Crippen molar-refractivity contribution in [2.45, 2.75) is 0 Å². The van der Waals surface area contributed by atoms with Crippen molar-refractivity contribution in [3.05, 3.63) is 146 Å². The van der Waals surface area contributed by atoms with Crippen molar-refractivity contribution in [2.75, 3.05) is 0 Å². The number of aromatic nitrogens is 4. The quantitative estimate of drug-likeness (QED) is 0.196. The Morgan fingerprint density at radius 1 is 0.417 bits per heavy atom. The van der Waals surface area contributed by atoms with Gasteiger partial charge in [0, 0.05) is 33.5 Å². The molecule has 0 radical (unpaired) electrons. The van der Waals surface area contributed by atoms with E-state index in [-0.39, 0.29) is 0 Å². The van der Waals surface area contributed by atoms with Gasteiger partial charge in [-0.25, -0.2) is 15.0 Å². The van der Waals surface area contributed by atoms with E-state index in [0.29, 0.717) is 23.2 Å². The van der Waals surface area contributed by atoms with E-state index >= 15 is 0 Å². The molecule has 0 aliphatic heterocycles. The molecule has 0 fully saturated rings. The number of hydrogen-bond acceptors (Lipinski definition) is 6. The first-order chi connectivity index (χ1) is 23.8. The molecule has 10 aromatic rings. The van der Waals surface area contributed by atoms with E-state index in [2.05, 4.69) is 60.7 Å². The third kappa shape index (κ3) is 4.13. The summed E-state index contributed by atoms with van der Waals surface area (Å²) < 4.78 is 13.0. The fraction of sp³-hybridized carbons (Fsp3) is 0. The maximum absolute atomic E-state index is 6.61. The van der Waals surface area contributed by atoms with Gasteiger partial charge in [0.1, 0.15) is 28.0 Å². The maximum atomic E-state index is 6.61. The summed E-state index contributed by atoms with van der Waals surface area (Å²) in [5.74, 6) is 1.50. The van der Waals surface area contributed by atoms with Crippen molar-refractivity contribution in [1.82, 2.24) is 19.9 Å². The zero-order valence-corrected chi connectivity index (χ0v) is 25.5. The molecule has 0 unspecified atom stereocenters. The molecule has 4 aromatic heterocycles. The van der Waals surface area contributed by atoms with Gasteiger partial charge in [0.05, 0.1) is 10.9 Å². The molecule has 0 aliphatic rings. The molecule has 10 rings (SSSR count). The van der Waals surface area contributed by atoms with Crippen LogP contribution in [-0.2, 0) is 0 Å². The summed E-state index contributed by atoms with van der Waals surface area (Å²) in [5.41, 5.74) is 7.26. The summed E-state index contributed by atoms with van der Waals surface area (Å²) in [4.78, 5) is 20.3. The third-order valence-corrected chi connectivity index (χ3v) is 8.98. The smallest absolute Gasteiger partial charge is 0.183 e. The topological polar surface area (TPSA) is 77.8 Å². The Morgan fingerprint density at radius 3 is 1.96 bits per heavy atom. The van der Waals surface area contributed by atoms with Gasteiger partial charge >= 0.3 is 0 Å². The average Bonchev–Trinajstić information content (AvgIpc) is 3.74. The van der Waals surface area contributed by atoms with Crippen LogP contribution in [0.3, 0.4) is 0 Å². The Morgan fingerprint density at radius 2 is 1.08 bits per heavy atom. The standard InChI is InChI=1S/C42H24N4O2/c1-2-12-26(13-3-1)40-44-41(32-18-10-17-30-29-15-6-8-19-34(29)47-38(30)32)46-42(45-40)37-36-31-16-7-9-20-35(31)48-39(36)33(24-43-37)28-22-21-25-11-4-5-14-27(25)23-28/h1-24H. The minimum atomic E-state index is 0.452. The van der Waals surface area contributed by atoms with E-state index in [1.807, 2.05) is 85.1 Å². The number of benzene rings is 6. The molecule has 48 heavy (non-hydrogen) atoms. The predicted molar refractivity (Wildman–Crippen MR) is 191 cm³/mol. The number of rotatable bonds is 4. The molecule has 6 aromatic carbocycles. The SMILES string of the molecule is c1ccc(-c2nc(-c3cccc4c3oc3ccccc34)nc(-c3ncc(-c4ccc5ccccc5c4)c4oc5ccccc5c34)n2)cc1. The largest absolute Gasteiger partial charge is 0.455 e. The fourth-order valence-corrected chi connectivity index (χ4v) is 6.70. The van der Waals surface area contributed by atoms with Crippen LogP contribution in [0.5, 0.6) is 0 Å². The molecule has 0 saturated carbocycles. The molecule has 0 atom stereocenters. The van der Waals surface area contributed by atoms with Crippen molar-refractivity contribution in [2.24, 2.45) is 0 Å². The summed E-state index contributed by atoms with van der Waals surface area (Å²) in [5, 5.41) is 6.18. The molecule has 0 N–H and O–H groups in total. The highest BCUT2D eigenvalue weighted by Gasteiger charge is 2.23. The lowest BCUT2D eigenvalue weighted by atomic mass is 10.00. The molecule has 4 heterocycles. The van der Waals surface area contributed by atoms with E-state index < -0.39 is 0 Å². The van der Waals surface area contributed by atoms with Gasteiger partial charge in [0.2, 0.25) is 0 Å². The summed E-state index contributed by atoms with van der Waals surface area (Å²) in [6.45, 7) is 0. The first-order valence-corrected chi connectivity index (χ1v) is 15.8. The van der Waals surface area contributed by atoms with Crippen LogP contribution in [0.4, 0.5) is 0 Å². The second-order valence-corrected chi connectivity index (χ2v) is 11.8. The van der Waals surface area contributed by atoms with Crippen molar-refractivity contribution >= 4 is 54.6 Å². The highest BCUT2D eigenvalue weighted by molar-refractivity contribution is 6.15. The molecule has 0 spiro atoms. The van der Waals surface area contributed by atoms with Crippen LogP contribution in [0.15, 0.2) is 155 Å². The van der Waals surface area contributed by atoms with Gasteiger partial charge < -0.3 is 8.83 Å². The highest BCUT2D eigenvalue weighted by atomic mass is 16.3. The van der Waals surface area contributed by atoms with Crippen molar-refractivity contribution in [1.29, 1.82) is 0 Å². The van der Waals surface area contributed by atoms with Gasteiger partial charge in [-0.1, -0.05) is 115 Å². The summed E-state index contributed by atoms with van der Waals surface area (Å²) in [7, 11) is 0. The monoisotopic (exact) mass is 616 g/mol. The Bertz CT molecular complexity index is 2850. The Hall–Kier alpha value is -6.66. The average molecular weight is 617 g/mol. The normalized spacial score (nSPS) is 11.8. The molecule has 224 valence electrons. The molecule has 6 nitrogen and oxygen atoms in total. The van der Waals surface area contributed by atoms with Gasteiger partial charge in [-0.2, -0.15) is 0 Å². The van der Waals surface area contributed by atoms with Gasteiger partial charge in [0.25, 0.3) is 0 Å². The molecular weight excluding hydrogens is 592 g/mol. The van der Waals surface area contributed by atoms with Crippen LogP contribution in [0, 0.1) is 0 Å². The first-order valence-electron chi connectivity index (χ1n) is 15.8. The lowest BCUT2D eigenvalue weighted by Crippen LogP contribution is -2.02. The summed E-state index contributed by atoms with van der Waals surface area (Å²) in [6.07, 6.45) is 1.87. The van der Waals surface area contributed by atoms with Crippen LogP contribution < -0.4 is 0 Å². The summed E-state index contributed by atoms with van der Waals surface area (Å²) in [6, 6.07) is 46.9. The molecule has 0 saturated heterocycles. The van der Waals surface area contributed by atoms with Crippen LogP contribution in [-0.4, -0.2) is 19.9 Å². The van der Waals surface area contributed by atoms with Crippen molar-refractivity contribution in [3.8, 4) is 45.4 Å². The molecule has 0 aliphatic carbocycles. The van der Waals surface area contributed by atoms with E-state index in [4.69, 9.17) is 28.8 Å². The Labute approximate surface area is 274 Å². The molecular formula is C42H24N4O2. The minimum absolute atomic E-state index is 0.452. The molecule has 0 bridgehead atoms. The predicted octanol–water partition coefficient (Wildman–Crippen LogP) is 10.9. The van der Waals surface area contributed by atoms with Crippen molar-refractivity contribution < 1.29 is 8.83 Å². The number of pyridine rings is 1. The lowest BCUT2D eigenvalue weighted by Gasteiger charge is -2.10. The maximum Gasteiger partial charge on any atom is 0.183 e. The minimum Gasteiger partial charge on any atom is -0.455 e. The van der Waals surface area contributed by atoms with Crippen molar-refractivity contribution in [3.63, 3.8) is 0 Å². The van der Waals surface area contributed by atoms with E-state index in [9.17, 15) is 0 Å². The van der Waals surface area contributed by atoms with Crippen LogP contribution in [0.1, 0.15) is 0 Å². The molecule has 0 amide bonds.